The normalized spacial score (nSPS) is 15.1. The van der Waals surface area contributed by atoms with Crippen molar-refractivity contribution in [3.05, 3.63) is 23.3 Å². The van der Waals surface area contributed by atoms with Gasteiger partial charge < -0.3 is 9.88 Å². The molecule has 0 spiro atoms. The smallest absolute Gasteiger partial charge is 0.203 e. The molecule has 3 rings (SSSR count). The van der Waals surface area contributed by atoms with Crippen molar-refractivity contribution in [3.63, 3.8) is 0 Å². The summed E-state index contributed by atoms with van der Waals surface area (Å²) in [6, 6.07) is 4.54. The third-order valence-corrected chi connectivity index (χ3v) is 3.36. The summed E-state index contributed by atoms with van der Waals surface area (Å²) in [6.45, 7) is 0. The highest BCUT2D eigenvalue weighted by Gasteiger charge is 2.12. The molecule has 0 saturated heterocycles. The van der Waals surface area contributed by atoms with Gasteiger partial charge in [0.05, 0.1) is 11.0 Å². The minimum absolute atomic E-state index is 0.942. The maximum Gasteiger partial charge on any atom is 0.203 e. The summed E-state index contributed by atoms with van der Waals surface area (Å²) >= 11 is 0. The van der Waals surface area contributed by atoms with Crippen molar-refractivity contribution in [2.45, 2.75) is 25.7 Å². The van der Waals surface area contributed by atoms with Crippen LogP contribution in [0, 0.1) is 0 Å². The molecule has 1 aromatic heterocycles. The first-order chi connectivity index (χ1) is 7.74. The van der Waals surface area contributed by atoms with Crippen molar-refractivity contribution in [1.82, 2.24) is 9.97 Å². The molecule has 0 fully saturated rings. The second-order valence-electron chi connectivity index (χ2n) is 4.80. The molecule has 0 saturated carbocycles. The Labute approximate surface area is 95.5 Å². The number of nitrogens with zero attached hydrogens (tertiary/aromatic N) is 2. The number of fused-ring (bicyclic) bond motifs is 2. The monoisotopic (exact) mass is 215 g/mol. The van der Waals surface area contributed by atoms with E-state index in [1.807, 2.05) is 19.0 Å². The summed E-state index contributed by atoms with van der Waals surface area (Å²) in [6.07, 6.45) is 5.09. The predicted molar refractivity (Wildman–Crippen MR) is 67.1 cm³/mol. The van der Waals surface area contributed by atoms with E-state index in [1.165, 1.54) is 42.3 Å². The first-order valence-electron chi connectivity index (χ1n) is 5.93. The number of H-pyrrole nitrogens is 1. The number of nitrogens with one attached hydrogen (secondary N) is 1. The molecule has 1 aromatic carbocycles. The van der Waals surface area contributed by atoms with E-state index in [0.717, 1.165) is 11.5 Å². The lowest BCUT2D eigenvalue weighted by molar-refractivity contribution is 0.687. The van der Waals surface area contributed by atoms with Gasteiger partial charge in [-0.2, -0.15) is 0 Å². The third kappa shape index (κ3) is 1.47. The van der Waals surface area contributed by atoms with Crippen LogP contribution in [0.4, 0.5) is 5.95 Å². The Morgan fingerprint density at radius 2 is 1.81 bits per heavy atom. The van der Waals surface area contributed by atoms with Crippen LogP contribution in [0.25, 0.3) is 11.0 Å². The Morgan fingerprint density at radius 1 is 1.12 bits per heavy atom. The lowest BCUT2D eigenvalue weighted by Gasteiger charge is -2.14. The van der Waals surface area contributed by atoms with Crippen LogP contribution < -0.4 is 4.90 Å². The van der Waals surface area contributed by atoms with E-state index in [2.05, 4.69) is 22.1 Å². The molecule has 0 atom stereocenters. The topological polar surface area (TPSA) is 31.9 Å². The second kappa shape index (κ2) is 3.51. The van der Waals surface area contributed by atoms with E-state index in [9.17, 15) is 0 Å². The molecule has 3 nitrogen and oxygen atoms in total. The Kier molecular flexibility index (Phi) is 2.13. The second-order valence-corrected chi connectivity index (χ2v) is 4.80. The first kappa shape index (κ1) is 9.70. The molecule has 1 N–H and O–H groups in total. The van der Waals surface area contributed by atoms with Crippen LogP contribution in [-0.4, -0.2) is 24.1 Å². The molecule has 2 aromatic rings. The van der Waals surface area contributed by atoms with Gasteiger partial charge in [-0.25, -0.2) is 4.98 Å². The van der Waals surface area contributed by atoms with Gasteiger partial charge in [0.15, 0.2) is 0 Å². The SMILES string of the molecule is CN(C)c1nc2cc3c(cc2[nH]1)CCCC3. The molecule has 0 aliphatic heterocycles. The first-order valence-corrected chi connectivity index (χ1v) is 5.93. The number of hydrogen-bond donors (Lipinski definition) is 1. The molecule has 1 heterocycles. The summed E-state index contributed by atoms with van der Waals surface area (Å²) in [7, 11) is 4.02. The van der Waals surface area contributed by atoms with Crippen LogP contribution in [0.5, 0.6) is 0 Å². The zero-order valence-corrected chi connectivity index (χ0v) is 9.88. The fraction of sp³-hybridized carbons (Fsp3) is 0.462. The Morgan fingerprint density at radius 3 is 2.50 bits per heavy atom. The molecule has 0 amide bonds. The molecule has 1 aliphatic carbocycles. The van der Waals surface area contributed by atoms with E-state index >= 15 is 0 Å². The average molecular weight is 215 g/mol. The highest BCUT2D eigenvalue weighted by molar-refractivity contribution is 5.79. The fourth-order valence-electron chi connectivity index (χ4n) is 2.44. The maximum absolute atomic E-state index is 4.59. The van der Waals surface area contributed by atoms with Crippen molar-refractivity contribution >= 4 is 17.0 Å². The molecule has 0 bridgehead atoms. The van der Waals surface area contributed by atoms with Crippen molar-refractivity contribution in [3.8, 4) is 0 Å². The largest absolute Gasteiger partial charge is 0.349 e. The molecule has 16 heavy (non-hydrogen) atoms. The van der Waals surface area contributed by atoms with Gasteiger partial charge in [-0.05, 0) is 48.9 Å². The van der Waals surface area contributed by atoms with E-state index in [-0.39, 0.29) is 0 Å². The minimum atomic E-state index is 0.942. The molecule has 0 unspecified atom stereocenters. The van der Waals surface area contributed by atoms with Crippen LogP contribution in [-0.2, 0) is 12.8 Å². The third-order valence-electron chi connectivity index (χ3n) is 3.36. The number of aromatic nitrogens is 2. The fourth-order valence-corrected chi connectivity index (χ4v) is 2.44. The average Bonchev–Trinajstić information content (AvgIpc) is 2.68. The van der Waals surface area contributed by atoms with Gasteiger partial charge in [0.25, 0.3) is 0 Å². The number of imidazole rings is 1. The van der Waals surface area contributed by atoms with Gasteiger partial charge in [-0.15, -0.1) is 0 Å². The summed E-state index contributed by atoms with van der Waals surface area (Å²) < 4.78 is 0. The van der Waals surface area contributed by atoms with Gasteiger partial charge >= 0.3 is 0 Å². The van der Waals surface area contributed by atoms with E-state index in [0.29, 0.717) is 0 Å². The molecule has 3 heteroatoms. The predicted octanol–water partition coefficient (Wildman–Crippen LogP) is 2.51. The molecular weight excluding hydrogens is 198 g/mol. The van der Waals surface area contributed by atoms with Gasteiger partial charge in [0.1, 0.15) is 0 Å². The Bertz CT molecular complexity index is 482. The summed E-state index contributed by atoms with van der Waals surface area (Å²) in [4.78, 5) is 9.96. The van der Waals surface area contributed by atoms with Crippen molar-refractivity contribution in [2.75, 3.05) is 19.0 Å². The van der Waals surface area contributed by atoms with Crippen LogP contribution in [0.1, 0.15) is 24.0 Å². The molecular formula is C13H17N3. The zero-order chi connectivity index (χ0) is 11.1. The van der Waals surface area contributed by atoms with E-state index < -0.39 is 0 Å². The number of anilines is 1. The standard InChI is InChI=1S/C13H17N3/c1-16(2)13-14-11-7-9-5-3-4-6-10(9)8-12(11)15-13/h7-8H,3-6H2,1-2H3,(H,14,15). The Balaban J connectivity index is 2.16. The van der Waals surface area contributed by atoms with Crippen molar-refractivity contribution < 1.29 is 0 Å². The number of aromatic amines is 1. The van der Waals surface area contributed by atoms with E-state index in [4.69, 9.17) is 0 Å². The van der Waals surface area contributed by atoms with Gasteiger partial charge in [0.2, 0.25) is 5.95 Å². The summed E-state index contributed by atoms with van der Waals surface area (Å²) in [5, 5.41) is 0. The van der Waals surface area contributed by atoms with E-state index in [1.54, 1.807) is 0 Å². The Hall–Kier alpha value is -1.51. The highest BCUT2D eigenvalue weighted by atomic mass is 15.2. The molecule has 1 aliphatic rings. The van der Waals surface area contributed by atoms with Crippen LogP contribution in [0.15, 0.2) is 12.1 Å². The maximum atomic E-state index is 4.59. The molecule has 0 radical (unpaired) electrons. The lowest BCUT2D eigenvalue weighted by atomic mass is 9.91. The number of benzene rings is 1. The van der Waals surface area contributed by atoms with Gasteiger partial charge in [-0.3, -0.25) is 0 Å². The van der Waals surface area contributed by atoms with Crippen LogP contribution in [0.3, 0.4) is 0 Å². The zero-order valence-electron chi connectivity index (χ0n) is 9.88. The summed E-state index contributed by atoms with van der Waals surface area (Å²) in [5.74, 6) is 0.942. The van der Waals surface area contributed by atoms with Crippen molar-refractivity contribution in [2.24, 2.45) is 0 Å². The summed E-state index contributed by atoms with van der Waals surface area (Å²) in [5.41, 5.74) is 5.27. The van der Waals surface area contributed by atoms with Crippen molar-refractivity contribution in [1.29, 1.82) is 0 Å². The number of aryl methyl sites for hydroxylation is 2. The van der Waals surface area contributed by atoms with Crippen LogP contribution >= 0.6 is 0 Å². The highest BCUT2D eigenvalue weighted by Crippen LogP contribution is 2.26. The van der Waals surface area contributed by atoms with Crippen LogP contribution in [0.2, 0.25) is 0 Å². The van der Waals surface area contributed by atoms with Gasteiger partial charge in [0, 0.05) is 14.1 Å². The quantitative estimate of drug-likeness (QED) is 0.792. The number of rotatable bonds is 1. The minimum Gasteiger partial charge on any atom is -0.349 e. The lowest BCUT2D eigenvalue weighted by Crippen LogP contribution is -2.09. The number of hydrogen-bond acceptors (Lipinski definition) is 2. The molecule has 84 valence electrons. The van der Waals surface area contributed by atoms with Gasteiger partial charge in [-0.1, -0.05) is 0 Å².